The second-order valence-corrected chi connectivity index (χ2v) is 15.0. The number of nitrogens with zero attached hydrogens (tertiary/aromatic N) is 1. The van der Waals surface area contributed by atoms with E-state index in [1.54, 1.807) is 59.9 Å². The number of para-hydroxylation sites is 1. The zero-order valence-corrected chi connectivity index (χ0v) is 28.1. The third-order valence-corrected chi connectivity index (χ3v) is 9.58. The Balaban J connectivity index is 1.81. The molecule has 0 aliphatic heterocycles. The van der Waals surface area contributed by atoms with Gasteiger partial charge in [0, 0.05) is 19.5 Å². The molecule has 2 saturated carbocycles. The van der Waals surface area contributed by atoms with Gasteiger partial charge in [-0.05, 0) is 64.0 Å². The van der Waals surface area contributed by atoms with E-state index in [1.165, 1.54) is 17.0 Å². The standard InChI is InChI=1S/C32H49N5O7S/c1-8-23-18-32(23,29(40)36-45(42,43)25-17-13-12-16-24(25)33-7)35-26(38)20-37(19-22-14-10-9-11-15-22)28(39)27(21(2)3)34-30(41)44-31(4,5)6/h8,12-13,16-17,21-23,27,33H,1,9-11,14-15,18-20H2,2-7H3,(H,34,41)(H,35,38)(H,36,40)/t23-,27+,32-/m1/s1. The molecule has 2 fully saturated rings. The van der Waals surface area contributed by atoms with Crippen molar-refractivity contribution in [1.29, 1.82) is 0 Å². The highest BCUT2D eigenvalue weighted by Gasteiger charge is 2.60. The van der Waals surface area contributed by atoms with E-state index in [0.29, 0.717) is 12.2 Å². The number of benzene rings is 1. The van der Waals surface area contributed by atoms with Crippen LogP contribution in [-0.4, -0.2) is 74.5 Å². The largest absolute Gasteiger partial charge is 0.444 e. The van der Waals surface area contributed by atoms with Gasteiger partial charge in [0.15, 0.2) is 0 Å². The Labute approximate surface area is 267 Å². The van der Waals surface area contributed by atoms with Gasteiger partial charge < -0.3 is 25.6 Å². The molecule has 250 valence electrons. The van der Waals surface area contributed by atoms with Crippen LogP contribution in [0.25, 0.3) is 0 Å². The number of hydrogen-bond acceptors (Lipinski definition) is 8. The fraction of sp³-hybridized carbons (Fsp3) is 0.625. The molecule has 1 aromatic carbocycles. The van der Waals surface area contributed by atoms with Gasteiger partial charge in [0.2, 0.25) is 11.8 Å². The van der Waals surface area contributed by atoms with Crippen LogP contribution in [0.4, 0.5) is 10.5 Å². The molecule has 1 aromatic rings. The molecule has 45 heavy (non-hydrogen) atoms. The number of carbonyl (C=O) groups excluding carboxylic acids is 4. The SMILES string of the molecule is C=C[C@@H]1C[C@]1(NC(=O)CN(CC1CCCCC1)C(=O)[C@@H](NC(=O)OC(C)(C)C)C(C)C)C(=O)NS(=O)(=O)c1ccccc1NC. The summed E-state index contributed by atoms with van der Waals surface area (Å²) in [6, 6.07) is 5.20. The Morgan fingerprint density at radius 3 is 2.31 bits per heavy atom. The van der Waals surface area contributed by atoms with E-state index in [1.807, 2.05) is 0 Å². The first-order valence-electron chi connectivity index (χ1n) is 15.6. The highest BCUT2D eigenvalue weighted by molar-refractivity contribution is 7.90. The maximum absolute atomic E-state index is 13.9. The molecule has 2 aliphatic rings. The van der Waals surface area contributed by atoms with Crippen molar-refractivity contribution in [1.82, 2.24) is 20.3 Å². The van der Waals surface area contributed by atoms with E-state index in [0.717, 1.165) is 32.1 Å². The normalized spacial score (nSPS) is 20.8. The molecule has 0 bridgehead atoms. The third kappa shape index (κ3) is 9.44. The summed E-state index contributed by atoms with van der Waals surface area (Å²) in [4.78, 5) is 54.9. The van der Waals surface area contributed by atoms with Crippen molar-refractivity contribution < 1.29 is 32.3 Å². The minimum Gasteiger partial charge on any atom is -0.444 e. The zero-order chi connectivity index (χ0) is 33.6. The molecular weight excluding hydrogens is 598 g/mol. The summed E-state index contributed by atoms with van der Waals surface area (Å²) >= 11 is 0. The van der Waals surface area contributed by atoms with Gasteiger partial charge in [-0.15, -0.1) is 6.58 Å². The Morgan fingerprint density at radius 2 is 1.76 bits per heavy atom. The van der Waals surface area contributed by atoms with Crippen LogP contribution in [0.2, 0.25) is 0 Å². The molecule has 3 atom stereocenters. The predicted octanol–water partition coefficient (Wildman–Crippen LogP) is 3.55. The topological polar surface area (TPSA) is 163 Å². The monoisotopic (exact) mass is 647 g/mol. The van der Waals surface area contributed by atoms with E-state index in [9.17, 15) is 27.6 Å². The molecule has 0 radical (unpaired) electrons. The van der Waals surface area contributed by atoms with Crippen LogP contribution < -0.4 is 20.7 Å². The molecule has 13 heteroatoms. The first-order chi connectivity index (χ1) is 21.0. The van der Waals surface area contributed by atoms with Gasteiger partial charge in [0.05, 0.1) is 12.2 Å². The molecule has 0 spiro atoms. The van der Waals surface area contributed by atoms with Crippen LogP contribution in [0.5, 0.6) is 0 Å². The fourth-order valence-corrected chi connectivity index (χ4v) is 6.98. The number of nitrogens with one attached hydrogen (secondary N) is 4. The molecular formula is C32H49N5O7S. The first-order valence-corrected chi connectivity index (χ1v) is 17.1. The van der Waals surface area contributed by atoms with E-state index >= 15 is 0 Å². The molecule has 4 amide bonds. The molecule has 0 saturated heterocycles. The lowest BCUT2D eigenvalue weighted by Gasteiger charge is -2.34. The van der Waals surface area contributed by atoms with Crippen molar-refractivity contribution in [2.24, 2.45) is 17.8 Å². The molecule has 0 aromatic heterocycles. The van der Waals surface area contributed by atoms with Crippen LogP contribution in [0.1, 0.15) is 73.1 Å². The number of ether oxygens (including phenoxy) is 1. The average molecular weight is 648 g/mol. The minimum absolute atomic E-state index is 0.111. The highest BCUT2D eigenvalue weighted by Crippen LogP contribution is 2.45. The third-order valence-electron chi connectivity index (χ3n) is 8.19. The summed E-state index contributed by atoms with van der Waals surface area (Å²) in [5.41, 5.74) is -1.99. The van der Waals surface area contributed by atoms with Gasteiger partial charge in [-0.1, -0.05) is 51.3 Å². The van der Waals surface area contributed by atoms with Crippen LogP contribution in [-0.2, 0) is 29.1 Å². The van der Waals surface area contributed by atoms with Gasteiger partial charge in [-0.25, -0.2) is 17.9 Å². The quantitative estimate of drug-likeness (QED) is 0.236. The van der Waals surface area contributed by atoms with Crippen LogP contribution in [0.15, 0.2) is 41.8 Å². The van der Waals surface area contributed by atoms with Crippen LogP contribution in [0.3, 0.4) is 0 Å². The van der Waals surface area contributed by atoms with Gasteiger partial charge in [0.1, 0.15) is 22.1 Å². The second-order valence-electron chi connectivity index (χ2n) is 13.3. The molecule has 4 N–H and O–H groups in total. The maximum atomic E-state index is 13.9. The van der Waals surface area contributed by atoms with Crippen molar-refractivity contribution in [3.8, 4) is 0 Å². The summed E-state index contributed by atoms with van der Waals surface area (Å²) in [5.74, 6) is -2.57. The van der Waals surface area contributed by atoms with E-state index in [4.69, 9.17) is 4.74 Å². The van der Waals surface area contributed by atoms with Crippen molar-refractivity contribution in [2.45, 2.75) is 95.2 Å². The first kappa shape index (κ1) is 35.9. The van der Waals surface area contributed by atoms with Crippen LogP contribution in [0, 0.1) is 17.8 Å². The van der Waals surface area contributed by atoms with Crippen molar-refractivity contribution in [3.63, 3.8) is 0 Å². The highest BCUT2D eigenvalue weighted by atomic mass is 32.2. The summed E-state index contributed by atoms with van der Waals surface area (Å²) < 4.78 is 33.8. The Bertz CT molecular complexity index is 1370. The van der Waals surface area contributed by atoms with Gasteiger partial charge in [0.25, 0.3) is 15.9 Å². The summed E-state index contributed by atoms with van der Waals surface area (Å²) in [6.45, 7) is 12.5. The summed E-state index contributed by atoms with van der Waals surface area (Å²) in [6.07, 6.45) is 5.90. The summed E-state index contributed by atoms with van der Waals surface area (Å²) in [5, 5.41) is 8.20. The number of hydrogen-bond donors (Lipinski definition) is 4. The van der Waals surface area contributed by atoms with Gasteiger partial charge in [-0.3, -0.25) is 14.4 Å². The van der Waals surface area contributed by atoms with E-state index in [2.05, 4.69) is 27.3 Å². The van der Waals surface area contributed by atoms with Crippen LogP contribution >= 0.6 is 0 Å². The Morgan fingerprint density at radius 1 is 1.11 bits per heavy atom. The summed E-state index contributed by atoms with van der Waals surface area (Å²) in [7, 11) is -2.71. The lowest BCUT2D eigenvalue weighted by atomic mass is 9.88. The number of carbonyl (C=O) groups is 4. The number of rotatable bonds is 13. The average Bonchev–Trinajstić information content (AvgIpc) is 3.68. The predicted molar refractivity (Wildman–Crippen MR) is 172 cm³/mol. The van der Waals surface area contributed by atoms with Gasteiger partial charge >= 0.3 is 6.09 Å². The maximum Gasteiger partial charge on any atom is 0.408 e. The van der Waals surface area contributed by atoms with E-state index in [-0.39, 0.29) is 29.7 Å². The Kier molecular flexibility index (Phi) is 11.7. The lowest BCUT2D eigenvalue weighted by molar-refractivity contribution is -0.140. The molecule has 2 aliphatic carbocycles. The minimum atomic E-state index is -4.28. The van der Waals surface area contributed by atoms with Crippen molar-refractivity contribution in [3.05, 3.63) is 36.9 Å². The molecule has 0 unspecified atom stereocenters. The lowest BCUT2D eigenvalue weighted by Crippen LogP contribution is -2.57. The number of anilines is 1. The van der Waals surface area contributed by atoms with Crippen molar-refractivity contribution >= 4 is 39.5 Å². The molecule has 3 rings (SSSR count). The van der Waals surface area contributed by atoms with Gasteiger partial charge in [-0.2, -0.15) is 0 Å². The smallest absolute Gasteiger partial charge is 0.408 e. The molecule has 0 heterocycles. The molecule has 12 nitrogen and oxygen atoms in total. The fourth-order valence-electron chi connectivity index (χ4n) is 5.73. The number of alkyl carbamates (subject to hydrolysis) is 1. The Hall–Kier alpha value is -3.61. The van der Waals surface area contributed by atoms with Crippen molar-refractivity contribution in [2.75, 3.05) is 25.5 Å². The zero-order valence-electron chi connectivity index (χ0n) is 27.3. The van der Waals surface area contributed by atoms with E-state index < -0.39 is 56.9 Å². The number of sulfonamides is 1. The number of amides is 4. The second kappa shape index (κ2) is 14.7.